The Labute approximate surface area is 89.3 Å². The minimum absolute atomic E-state index is 0.290. The predicted octanol–water partition coefficient (Wildman–Crippen LogP) is 1.52. The van der Waals surface area contributed by atoms with Crippen LogP contribution >= 0.6 is 0 Å². The van der Waals surface area contributed by atoms with E-state index in [1.54, 1.807) is 7.05 Å². The fourth-order valence-electron chi connectivity index (χ4n) is 1.46. The van der Waals surface area contributed by atoms with Gasteiger partial charge in [0.15, 0.2) is 0 Å². The van der Waals surface area contributed by atoms with E-state index in [4.69, 9.17) is 0 Å². The van der Waals surface area contributed by atoms with Crippen LogP contribution in [0.15, 0.2) is 6.20 Å². The van der Waals surface area contributed by atoms with E-state index in [2.05, 4.69) is 5.10 Å². The smallest absolute Gasteiger partial charge is 0.275 e. The fraction of sp³-hybridized carbons (Fsp3) is 0.667. The first-order valence-electron chi connectivity index (χ1n) is 4.55. The van der Waals surface area contributed by atoms with Crippen molar-refractivity contribution in [2.75, 3.05) is 0 Å². The number of aryl methyl sites for hydroxylation is 1. The summed E-state index contributed by atoms with van der Waals surface area (Å²) in [5.74, 6) is -0.604. The van der Waals surface area contributed by atoms with Crippen LogP contribution in [0, 0.1) is 0 Å². The summed E-state index contributed by atoms with van der Waals surface area (Å²) in [5.41, 5.74) is 0.750. The number of halogens is 1. The van der Waals surface area contributed by atoms with Crippen LogP contribution in [0.3, 0.4) is 0 Å². The third kappa shape index (κ3) is 3.30. The second-order valence-corrected chi connectivity index (χ2v) is 5.98. The number of nitrogens with zero attached hydrogens (tertiary/aromatic N) is 2. The van der Waals surface area contributed by atoms with Crippen molar-refractivity contribution in [2.45, 2.75) is 31.9 Å². The highest BCUT2D eigenvalue weighted by Crippen LogP contribution is 2.25. The van der Waals surface area contributed by atoms with E-state index in [1.807, 2.05) is 20.8 Å². The van der Waals surface area contributed by atoms with Crippen molar-refractivity contribution in [2.24, 2.45) is 7.05 Å². The molecule has 0 spiro atoms. The highest BCUT2D eigenvalue weighted by Gasteiger charge is 2.24. The van der Waals surface area contributed by atoms with Gasteiger partial charge in [-0.3, -0.25) is 4.68 Å². The normalized spacial score (nSPS) is 13.1. The predicted molar refractivity (Wildman–Crippen MR) is 55.6 cm³/mol. The summed E-state index contributed by atoms with van der Waals surface area (Å²) < 4.78 is 35.3. The lowest BCUT2D eigenvalue weighted by atomic mass is 9.90. The van der Waals surface area contributed by atoms with Crippen molar-refractivity contribution in [3.05, 3.63) is 17.5 Å². The highest BCUT2D eigenvalue weighted by molar-refractivity contribution is 7.85. The summed E-state index contributed by atoms with van der Waals surface area (Å²) in [4.78, 5) is 0. The number of hydrogen-bond acceptors (Lipinski definition) is 3. The number of aromatic nitrogens is 2. The van der Waals surface area contributed by atoms with Gasteiger partial charge in [0, 0.05) is 24.2 Å². The lowest BCUT2D eigenvalue weighted by Gasteiger charge is -2.16. The number of rotatable bonds is 2. The molecule has 1 aromatic rings. The third-order valence-corrected chi connectivity index (χ3v) is 2.60. The second-order valence-electron chi connectivity index (χ2n) is 4.61. The van der Waals surface area contributed by atoms with Crippen LogP contribution in [0.5, 0.6) is 0 Å². The van der Waals surface area contributed by atoms with Crippen LogP contribution in [-0.4, -0.2) is 18.2 Å². The summed E-state index contributed by atoms with van der Waals surface area (Å²) in [6.45, 7) is 5.72. The molecular weight excluding hydrogens is 219 g/mol. The third-order valence-electron chi connectivity index (χ3n) is 1.94. The molecule has 0 radical (unpaired) electrons. The van der Waals surface area contributed by atoms with Crippen molar-refractivity contribution in [3.63, 3.8) is 0 Å². The van der Waals surface area contributed by atoms with Crippen molar-refractivity contribution >= 4 is 10.2 Å². The molecule has 0 aliphatic rings. The van der Waals surface area contributed by atoms with Gasteiger partial charge in [-0.25, -0.2) is 0 Å². The van der Waals surface area contributed by atoms with E-state index in [0.29, 0.717) is 11.3 Å². The molecule has 0 aliphatic heterocycles. The monoisotopic (exact) mass is 234 g/mol. The quantitative estimate of drug-likeness (QED) is 0.729. The Morgan fingerprint density at radius 2 is 2.00 bits per heavy atom. The molecule has 6 heteroatoms. The molecule has 0 unspecified atom stereocenters. The summed E-state index contributed by atoms with van der Waals surface area (Å²) in [5, 5.41) is 4.15. The molecule has 0 bridgehead atoms. The van der Waals surface area contributed by atoms with E-state index in [1.165, 1.54) is 10.9 Å². The Balaban J connectivity index is 3.19. The number of hydrogen-bond donors (Lipinski definition) is 0. The van der Waals surface area contributed by atoms with Gasteiger partial charge in [0.25, 0.3) is 0 Å². The summed E-state index contributed by atoms with van der Waals surface area (Å²) in [7, 11) is -2.82. The zero-order valence-corrected chi connectivity index (χ0v) is 10.1. The molecule has 4 nitrogen and oxygen atoms in total. The maximum absolute atomic E-state index is 12.6. The van der Waals surface area contributed by atoms with E-state index in [9.17, 15) is 12.3 Å². The van der Waals surface area contributed by atoms with Gasteiger partial charge in [-0.2, -0.15) is 13.5 Å². The summed E-state index contributed by atoms with van der Waals surface area (Å²) >= 11 is 0. The van der Waals surface area contributed by atoms with Gasteiger partial charge in [-0.05, 0) is 0 Å². The molecule has 0 saturated heterocycles. The minimum atomic E-state index is -4.50. The van der Waals surface area contributed by atoms with Gasteiger partial charge in [-0.15, -0.1) is 3.89 Å². The molecule has 0 N–H and O–H groups in total. The van der Waals surface area contributed by atoms with E-state index in [-0.39, 0.29) is 5.41 Å². The highest BCUT2D eigenvalue weighted by atomic mass is 32.3. The van der Waals surface area contributed by atoms with Crippen LogP contribution in [0.2, 0.25) is 0 Å². The van der Waals surface area contributed by atoms with Crippen LogP contribution < -0.4 is 0 Å². The molecule has 1 aromatic heterocycles. The average Bonchev–Trinajstić information content (AvgIpc) is 2.25. The molecule has 0 amide bonds. The van der Waals surface area contributed by atoms with Crippen molar-refractivity contribution < 1.29 is 12.3 Å². The maximum Gasteiger partial charge on any atom is 0.306 e. The molecule has 0 atom stereocenters. The van der Waals surface area contributed by atoms with Gasteiger partial charge >= 0.3 is 10.2 Å². The Bertz CT molecular complexity index is 457. The van der Waals surface area contributed by atoms with Gasteiger partial charge in [0.2, 0.25) is 0 Å². The fourth-order valence-corrected chi connectivity index (χ4v) is 2.04. The SMILES string of the molecule is Cn1cc(CS(=O)(=O)F)c(C(C)(C)C)n1. The standard InChI is InChI=1S/C9H15FN2O2S/c1-9(2,3)8-7(5-12(4)11-8)6-15(10,13)14/h5H,6H2,1-4H3. The molecular formula is C9H15FN2O2S. The van der Waals surface area contributed by atoms with Crippen LogP contribution in [0.25, 0.3) is 0 Å². The molecule has 0 aliphatic carbocycles. The zero-order valence-electron chi connectivity index (χ0n) is 9.28. The first kappa shape index (κ1) is 12.2. The average molecular weight is 234 g/mol. The van der Waals surface area contributed by atoms with Crippen LogP contribution in [-0.2, 0) is 28.4 Å². The summed E-state index contributed by atoms with van der Waals surface area (Å²) in [6.07, 6.45) is 1.54. The molecule has 86 valence electrons. The first-order valence-corrected chi connectivity index (χ1v) is 6.10. The van der Waals surface area contributed by atoms with E-state index in [0.717, 1.165) is 0 Å². The van der Waals surface area contributed by atoms with Crippen molar-refractivity contribution in [1.82, 2.24) is 9.78 Å². The van der Waals surface area contributed by atoms with Crippen molar-refractivity contribution in [3.8, 4) is 0 Å². The molecule has 0 fully saturated rings. The van der Waals surface area contributed by atoms with Crippen LogP contribution in [0.4, 0.5) is 3.89 Å². The molecule has 1 heterocycles. The van der Waals surface area contributed by atoms with Crippen molar-refractivity contribution in [1.29, 1.82) is 0 Å². The van der Waals surface area contributed by atoms with E-state index < -0.39 is 16.0 Å². The lowest BCUT2D eigenvalue weighted by Crippen LogP contribution is -2.15. The lowest BCUT2D eigenvalue weighted by molar-refractivity contribution is 0.541. The Hall–Kier alpha value is -0.910. The minimum Gasteiger partial charge on any atom is -0.275 e. The molecule has 1 rings (SSSR count). The maximum atomic E-state index is 12.6. The molecule has 0 aromatic carbocycles. The van der Waals surface area contributed by atoms with E-state index >= 15 is 0 Å². The summed E-state index contributed by atoms with van der Waals surface area (Å²) in [6, 6.07) is 0. The Morgan fingerprint density at radius 3 is 2.40 bits per heavy atom. The zero-order chi connectivity index (χ0) is 11.9. The van der Waals surface area contributed by atoms with Gasteiger partial charge in [-0.1, -0.05) is 20.8 Å². The Morgan fingerprint density at radius 1 is 1.47 bits per heavy atom. The second kappa shape index (κ2) is 3.59. The Kier molecular flexibility index (Phi) is 2.91. The largest absolute Gasteiger partial charge is 0.306 e. The van der Waals surface area contributed by atoms with Gasteiger partial charge in [0.1, 0.15) is 5.75 Å². The molecule has 15 heavy (non-hydrogen) atoms. The topological polar surface area (TPSA) is 52.0 Å². The van der Waals surface area contributed by atoms with Crippen LogP contribution in [0.1, 0.15) is 32.0 Å². The molecule has 0 saturated carbocycles. The van der Waals surface area contributed by atoms with Gasteiger partial charge in [0.05, 0.1) is 5.69 Å². The van der Waals surface area contributed by atoms with Gasteiger partial charge < -0.3 is 0 Å². The first-order chi connectivity index (χ1) is 6.59.